The third-order valence-corrected chi connectivity index (χ3v) is 12.4. The van der Waals surface area contributed by atoms with Crippen molar-refractivity contribution in [2.45, 2.75) is 56.8 Å². The maximum absolute atomic E-state index is 13.8. The molecule has 55 heavy (non-hydrogen) atoms. The molecule has 0 aliphatic heterocycles. The number of anilines is 2. The maximum Gasteiger partial charge on any atom is 0.347 e. The van der Waals surface area contributed by atoms with Crippen LogP contribution in [-0.4, -0.2) is 9.38 Å². The molecule has 0 fully saturated rings. The molecule has 2 aliphatic carbocycles. The number of hydrogen-bond donors (Lipinski definition) is 2. The summed E-state index contributed by atoms with van der Waals surface area (Å²) in [5.41, 5.74) is 20.5. The van der Waals surface area contributed by atoms with Gasteiger partial charge in [0.25, 0.3) is 5.56 Å². The van der Waals surface area contributed by atoms with Gasteiger partial charge in [0.2, 0.25) is 0 Å². The van der Waals surface area contributed by atoms with Crippen molar-refractivity contribution >= 4 is 94.3 Å². The van der Waals surface area contributed by atoms with Crippen LogP contribution in [0.15, 0.2) is 97.1 Å². The zero-order valence-corrected chi connectivity index (χ0v) is 30.0. The lowest BCUT2D eigenvalue weighted by Crippen LogP contribution is -2.26. The van der Waals surface area contributed by atoms with Crippen LogP contribution >= 0.6 is 0 Å². The summed E-state index contributed by atoms with van der Waals surface area (Å²) < 4.78 is 32.3. The van der Waals surface area contributed by atoms with Gasteiger partial charge >= 0.3 is 11.3 Å². The highest BCUT2D eigenvalue weighted by Crippen LogP contribution is 2.63. The summed E-state index contributed by atoms with van der Waals surface area (Å²) >= 11 is 0. The summed E-state index contributed by atoms with van der Waals surface area (Å²) in [4.78, 5) is 43.1. The monoisotopic (exact) mass is 730 g/mol. The number of benzene rings is 5. The average molecular weight is 731 g/mol. The normalized spacial score (nSPS) is 18.8. The van der Waals surface area contributed by atoms with Gasteiger partial charge in [-0.1, -0.05) is 27.7 Å². The van der Waals surface area contributed by atoms with Gasteiger partial charge in [-0.2, -0.15) is 0 Å². The van der Waals surface area contributed by atoms with E-state index < -0.39 is 16.7 Å². The largest absolute Gasteiger partial charge is 0.449 e. The first-order valence-electron chi connectivity index (χ1n) is 18.0. The van der Waals surface area contributed by atoms with Crippen LogP contribution in [0.4, 0.5) is 11.4 Å². The topological polar surface area (TPSA) is 186 Å². The van der Waals surface area contributed by atoms with Gasteiger partial charge in [0, 0.05) is 22.9 Å². The van der Waals surface area contributed by atoms with Gasteiger partial charge in [0.05, 0.1) is 38.6 Å². The molecule has 5 heterocycles. The molecule has 5 aromatic carbocycles. The number of rotatable bonds is 0. The Hall–Kier alpha value is -6.82. The van der Waals surface area contributed by atoms with Crippen LogP contribution in [0.3, 0.4) is 0 Å². The van der Waals surface area contributed by atoms with Crippen molar-refractivity contribution < 1.29 is 22.1 Å². The molecule has 0 amide bonds. The molecule has 10 aromatic rings. The van der Waals surface area contributed by atoms with Crippen molar-refractivity contribution in [1.82, 2.24) is 9.38 Å². The summed E-state index contributed by atoms with van der Waals surface area (Å²) in [5, 5.41) is 1.41. The van der Waals surface area contributed by atoms with Crippen LogP contribution in [0, 0.1) is 0 Å². The molecule has 12 rings (SSSR count). The average Bonchev–Trinajstić information content (AvgIpc) is 3.83. The van der Waals surface area contributed by atoms with Crippen LogP contribution in [0.1, 0.15) is 62.8 Å². The summed E-state index contributed by atoms with van der Waals surface area (Å²) in [6, 6.07) is 18.2. The van der Waals surface area contributed by atoms with Gasteiger partial charge in [-0.25, -0.2) is 14.6 Å². The summed E-state index contributed by atoms with van der Waals surface area (Å²) in [7, 11) is 0. The standard InChI is InChI=1S/C43H30N4O8/c1-41(2)15-43(16-42(3,4)22-10-34-36(12-24(22)43)54-32-8-20-19(7-31(32)53-34)39(49)55-40(20)50)23-11-35-33(9-21(23)41)51-29-5-17-18(6-30(29)52-35)38(48)47-28-14-26(45)25(44)13-27(28)46-37(17)47/h5-14H,15-16,44-45H2,1-4H3. The molecular weight excluding hydrogens is 700 g/mol. The van der Waals surface area contributed by atoms with Crippen molar-refractivity contribution in [1.29, 1.82) is 0 Å². The van der Waals surface area contributed by atoms with E-state index in [2.05, 4.69) is 45.9 Å². The fraction of sp³-hybridized carbons (Fsp3) is 0.209. The highest BCUT2D eigenvalue weighted by Gasteiger charge is 2.56. The number of nitrogen functional groups attached to an aromatic ring is 2. The molecule has 0 radical (unpaired) electrons. The number of aromatic nitrogens is 2. The molecule has 0 saturated heterocycles. The zero-order chi connectivity index (χ0) is 37.7. The number of hydrogen-bond acceptors (Lipinski definition) is 11. The van der Waals surface area contributed by atoms with E-state index in [-0.39, 0.29) is 27.2 Å². The van der Waals surface area contributed by atoms with E-state index in [1.54, 1.807) is 22.6 Å². The van der Waals surface area contributed by atoms with Gasteiger partial charge in [0.1, 0.15) is 5.65 Å². The second-order valence-corrected chi connectivity index (χ2v) is 16.7. The van der Waals surface area contributed by atoms with Crippen molar-refractivity contribution in [3.63, 3.8) is 0 Å². The van der Waals surface area contributed by atoms with Gasteiger partial charge in [-0.15, -0.1) is 0 Å². The van der Waals surface area contributed by atoms with Crippen molar-refractivity contribution in [2.75, 3.05) is 11.5 Å². The molecule has 1 atom stereocenters. The first-order valence-corrected chi connectivity index (χ1v) is 18.0. The van der Waals surface area contributed by atoms with Gasteiger partial charge < -0.3 is 33.6 Å². The lowest BCUT2D eigenvalue weighted by Gasteiger charge is -2.30. The van der Waals surface area contributed by atoms with Crippen molar-refractivity contribution in [2.24, 2.45) is 0 Å². The number of imidazole rings is 1. The van der Waals surface area contributed by atoms with Crippen molar-refractivity contribution in [3.8, 4) is 0 Å². The van der Waals surface area contributed by atoms with Crippen LogP contribution in [0.2, 0.25) is 0 Å². The Morgan fingerprint density at radius 2 is 0.945 bits per heavy atom. The zero-order valence-electron chi connectivity index (χ0n) is 30.0. The molecule has 12 nitrogen and oxygen atoms in total. The molecule has 12 heteroatoms. The minimum atomic E-state index is -0.707. The van der Waals surface area contributed by atoms with E-state index in [1.165, 1.54) is 12.1 Å². The second kappa shape index (κ2) is 9.27. The minimum Gasteiger partial charge on any atom is -0.449 e. The molecule has 1 unspecified atom stereocenters. The minimum absolute atomic E-state index is 0.152. The van der Waals surface area contributed by atoms with E-state index in [0.717, 1.165) is 35.1 Å². The third-order valence-electron chi connectivity index (χ3n) is 12.4. The fourth-order valence-corrected chi connectivity index (χ4v) is 10.1. The van der Waals surface area contributed by atoms with Crippen LogP contribution in [0.25, 0.3) is 82.9 Å². The predicted octanol–water partition coefficient (Wildman–Crippen LogP) is 8.27. The molecule has 0 bridgehead atoms. The second-order valence-electron chi connectivity index (χ2n) is 16.7. The van der Waals surface area contributed by atoms with Gasteiger partial charge in [-0.3, -0.25) is 9.20 Å². The summed E-state index contributed by atoms with van der Waals surface area (Å²) in [5.74, 6) is 0. The summed E-state index contributed by atoms with van der Waals surface area (Å²) in [6.07, 6.45) is 1.65. The first kappa shape index (κ1) is 30.6. The summed E-state index contributed by atoms with van der Waals surface area (Å²) in [6.45, 7) is 9.00. The van der Waals surface area contributed by atoms with Crippen LogP contribution in [0.5, 0.6) is 0 Å². The SMILES string of the molecule is CC1(C)CC2(CC(C)(C)c3cc4oc5cc6c(cc5oc4cc32)c(=O)n2c3cc(N)c(N)cc3nc62)c2cc3oc4cc5c(=O)oc(=O)c5cc4oc3cc21. The Kier molecular flexibility index (Phi) is 5.16. The molecule has 2 aliphatic rings. The molecule has 1 spiro atoms. The lowest BCUT2D eigenvalue weighted by atomic mass is 9.72. The Morgan fingerprint density at radius 1 is 0.527 bits per heavy atom. The molecule has 0 saturated carbocycles. The quantitative estimate of drug-likeness (QED) is 0.113. The Balaban J connectivity index is 1.07. The number of nitrogens with zero attached hydrogens (tertiary/aromatic N) is 2. The first-order chi connectivity index (χ1) is 26.2. The molecule has 270 valence electrons. The lowest BCUT2D eigenvalue weighted by molar-refractivity contribution is 0.349. The highest BCUT2D eigenvalue weighted by atomic mass is 16.4. The molecular formula is C43H30N4O8. The van der Waals surface area contributed by atoms with Gasteiger partial charge in [-0.05, 0) is 94.5 Å². The third kappa shape index (κ3) is 3.71. The maximum atomic E-state index is 13.8. The Bertz CT molecular complexity index is 3670. The highest BCUT2D eigenvalue weighted by molar-refractivity contribution is 6.06. The fourth-order valence-electron chi connectivity index (χ4n) is 10.1. The van der Waals surface area contributed by atoms with E-state index >= 15 is 0 Å². The van der Waals surface area contributed by atoms with E-state index in [4.69, 9.17) is 38.5 Å². The van der Waals surface area contributed by atoms with Crippen LogP contribution in [-0.2, 0) is 16.2 Å². The molecule has 5 aromatic heterocycles. The number of fused-ring (bicyclic) bond motifs is 14. The molecule has 4 N–H and O–H groups in total. The van der Waals surface area contributed by atoms with E-state index in [1.807, 2.05) is 12.1 Å². The Morgan fingerprint density at radius 3 is 1.45 bits per heavy atom. The van der Waals surface area contributed by atoms with E-state index in [9.17, 15) is 14.4 Å². The smallest absolute Gasteiger partial charge is 0.347 e. The van der Waals surface area contributed by atoms with Crippen LogP contribution < -0.4 is 28.3 Å². The van der Waals surface area contributed by atoms with Gasteiger partial charge in [0.15, 0.2) is 44.7 Å². The van der Waals surface area contributed by atoms with E-state index in [0.29, 0.717) is 83.5 Å². The number of nitrogens with two attached hydrogens (primary N) is 2. The Labute approximate surface area is 307 Å². The predicted molar refractivity (Wildman–Crippen MR) is 209 cm³/mol. The number of furan rings is 1. The van der Waals surface area contributed by atoms with Crippen molar-refractivity contribution in [3.05, 3.63) is 114 Å².